The van der Waals surface area contributed by atoms with Crippen molar-refractivity contribution >= 4 is 17.4 Å². The molecule has 3 aromatic rings. The second-order valence-electron chi connectivity index (χ2n) is 7.20. The number of carbonyl (C=O) groups is 1. The maximum absolute atomic E-state index is 13.7. The number of nitrogens with one attached hydrogen (secondary N) is 1. The highest BCUT2D eigenvalue weighted by Crippen LogP contribution is 2.35. The second kappa shape index (κ2) is 8.57. The number of carbonyl (C=O) groups excluding carboxylic acids is 1. The number of aromatic nitrogens is 3. The predicted molar refractivity (Wildman–Crippen MR) is 107 cm³/mol. The molecule has 1 fully saturated rings. The van der Waals surface area contributed by atoms with Crippen molar-refractivity contribution in [1.29, 1.82) is 0 Å². The molecule has 1 amide bonds. The van der Waals surface area contributed by atoms with E-state index in [4.69, 9.17) is 5.11 Å². The summed E-state index contributed by atoms with van der Waals surface area (Å²) in [4.78, 5) is 18.9. The summed E-state index contributed by atoms with van der Waals surface area (Å²) in [5, 5.41) is 16.3. The van der Waals surface area contributed by atoms with E-state index in [9.17, 15) is 9.18 Å². The smallest absolute Gasteiger partial charge is 0.271 e. The Labute approximate surface area is 168 Å². The highest BCUT2D eigenvalue weighted by molar-refractivity contribution is 5.93. The monoisotopic (exact) mass is 397 g/mol. The van der Waals surface area contributed by atoms with Crippen molar-refractivity contribution in [2.75, 3.05) is 24.6 Å². The third-order valence-electron chi connectivity index (χ3n) is 5.23. The Morgan fingerprint density at radius 3 is 3.00 bits per heavy atom. The van der Waals surface area contributed by atoms with Gasteiger partial charge in [0, 0.05) is 19.7 Å². The largest absolute Gasteiger partial charge is 0.396 e. The number of amides is 1. The van der Waals surface area contributed by atoms with Gasteiger partial charge in [-0.25, -0.2) is 13.9 Å². The molecule has 29 heavy (non-hydrogen) atoms. The number of halogens is 1. The Balaban J connectivity index is 1.59. The van der Waals surface area contributed by atoms with Gasteiger partial charge in [-0.1, -0.05) is 12.1 Å². The first-order valence-electron chi connectivity index (χ1n) is 9.93. The molecule has 1 saturated heterocycles. The molecule has 0 radical (unpaired) electrons. The number of hydrogen-bond donors (Lipinski definition) is 2. The van der Waals surface area contributed by atoms with E-state index in [1.807, 2.05) is 18.2 Å². The van der Waals surface area contributed by atoms with Crippen LogP contribution >= 0.6 is 0 Å². The molecule has 0 unspecified atom stereocenters. The first-order valence-corrected chi connectivity index (χ1v) is 9.93. The van der Waals surface area contributed by atoms with Crippen LogP contribution in [0.1, 0.15) is 47.8 Å². The van der Waals surface area contributed by atoms with Crippen LogP contribution < -0.4 is 10.2 Å². The minimum atomic E-state index is -0.247. The number of nitrogens with zero attached hydrogens (tertiary/aromatic N) is 4. The van der Waals surface area contributed by atoms with E-state index < -0.39 is 0 Å². The van der Waals surface area contributed by atoms with Gasteiger partial charge in [0.1, 0.15) is 11.6 Å². The number of aliphatic hydroxyl groups is 1. The SMILES string of the molecule is O=C(NCCCCO)c1cnc2ccc(N3CCC[C@@H]3c3cccc(F)c3)nn12. The van der Waals surface area contributed by atoms with E-state index in [-0.39, 0.29) is 24.4 Å². The molecule has 7 nitrogen and oxygen atoms in total. The van der Waals surface area contributed by atoms with E-state index in [0.29, 0.717) is 30.7 Å². The van der Waals surface area contributed by atoms with Gasteiger partial charge in [-0.15, -0.1) is 5.10 Å². The van der Waals surface area contributed by atoms with E-state index in [1.165, 1.54) is 12.3 Å². The average molecular weight is 397 g/mol. The van der Waals surface area contributed by atoms with Crippen molar-refractivity contribution in [3.63, 3.8) is 0 Å². The molecule has 0 spiro atoms. The lowest BCUT2D eigenvalue weighted by molar-refractivity contribution is 0.0945. The minimum Gasteiger partial charge on any atom is -0.396 e. The van der Waals surface area contributed by atoms with Crippen LogP contribution in [0.15, 0.2) is 42.6 Å². The van der Waals surface area contributed by atoms with Gasteiger partial charge in [-0.2, -0.15) is 0 Å². The molecule has 1 aliphatic rings. The number of unbranched alkanes of at least 4 members (excludes halogenated alkanes) is 1. The zero-order valence-electron chi connectivity index (χ0n) is 16.1. The molecule has 0 aliphatic carbocycles. The maximum Gasteiger partial charge on any atom is 0.271 e. The highest BCUT2D eigenvalue weighted by Gasteiger charge is 2.28. The molecule has 4 rings (SSSR count). The summed E-state index contributed by atoms with van der Waals surface area (Å²) < 4.78 is 15.3. The molecule has 1 aliphatic heterocycles. The van der Waals surface area contributed by atoms with Crippen LogP contribution in [0.25, 0.3) is 5.65 Å². The Kier molecular flexibility index (Phi) is 5.71. The van der Waals surface area contributed by atoms with E-state index in [2.05, 4.69) is 20.3 Å². The topological polar surface area (TPSA) is 82.8 Å². The summed E-state index contributed by atoms with van der Waals surface area (Å²) in [7, 11) is 0. The molecule has 1 atom stereocenters. The third kappa shape index (κ3) is 4.07. The van der Waals surface area contributed by atoms with Crippen LogP contribution in [-0.4, -0.2) is 45.3 Å². The Morgan fingerprint density at radius 2 is 2.17 bits per heavy atom. The number of hydrogen-bond acceptors (Lipinski definition) is 5. The van der Waals surface area contributed by atoms with Gasteiger partial charge in [0.05, 0.1) is 12.2 Å². The minimum absolute atomic E-state index is 0.0509. The van der Waals surface area contributed by atoms with Crippen molar-refractivity contribution < 1.29 is 14.3 Å². The van der Waals surface area contributed by atoms with Crippen LogP contribution in [0.2, 0.25) is 0 Å². The van der Waals surface area contributed by atoms with E-state index >= 15 is 0 Å². The fourth-order valence-electron chi connectivity index (χ4n) is 3.80. The molecular formula is C21H24FN5O2. The number of fused-ring (bicyclic) bond motifs is 1. The molecule has 0 saturated carbocycles. The number of rotatable bonds is 7. The highest BCUT2D eigenvalue weighted by atomic mass is 19.1. The lowest BCUT2D eigenvalue weighted by Gasteiger charge is -2.26. The van der Waals surface area contributed by atoms with Gasteiger partial charge >= 0.3 is 0 Å². The molecule has 1 aromatic carbocycles. The fraction of sp³-hybridized carbons (Fsp3) is 0.381. The van der Waals surface area contributed by atoms with Crippen molar-refractivity contribution in [1.82, 2.24) is 19.9 Å². The molecule has 152 valence electrons. The summed E-state index contributed by atoms with van der Waals surface area (Å²) in [6.45, 7) is 1.41. The standard InChI is InChI=1S/C21H24FN5O2/c22-16-6-3-5-15(13-16)17-7-4-11-26(17)20-9-8-19-24-14-18(27(19)25-20)21(29)23-10-1-2-12-28/h3,5-6,8-9,13-14,17,28H,1-2,4,7,10-12H2,(H,23,29)/t17-/m1/s1. The second-order valence-corrected chi connectivity index (χ2v) is 7.20. The zero-order chi connectivity index (χ0) is 20.2. The lowest BCUT2D eigenvalue weighted by atomic mass is 10.0. The van der Waals surface area contributed by atoms with Crippen molar-refractivity contribution in [2.24, 2.45) is 0 Å². The van der Waals surface area contributed by atoms with E-state index in [1.54, 1.807) is 16.6 Å². The van der Waals surface area contributed by atoms with Crippen molar-refractivity contribution in [2.45, 2.75) is 31.7 Å². The van der Waals surface area contributed by atoms with Gasteiger partial charge in [0.15, 0.2) is 11.3 Å². The van der Waals surface area contributed by atoms with Crippen LogP contribution in [0.3, 0.4) is 0 Å². The van der Waals surface area contributed by atoms with Gasteiger partial charge in [0.2, 0.25) is 0 Å². The van der Waals surface area contributed by atoms with Crippen molar-refractivity contribution in [3.8, 4) is 0 Å². The molecule has 2 aromatic heterocycles. The van der Waals surface area contributed by atoms with Gasteiger partial charge < -0.3 is 15.3 Å². The quantitative estimate of drug-likeness (QED) is 0.599. The molecular weight excluding hydrogens is 373 g/mol. The lowest BCUT2D eigenvalue weighted by Crippen LogP contribution is -2.27. The van der Waals surface area contributed by atoms with Gasteiger partial charge in [-0.05, 0) is 55.5 Å². The molecule has 8 heteroatoms. The summed E-state index contributed by atoms with van der Waals surface area (Å²) in [6.07, 6.45) is 4.78. The molecule has 2 N–H and O–H groups in total. The first-order chi connectivity index (χ1) is 14.2. The third-order valence-corrected chi connectivity index (χ3v) is 5.23. The van der Waals surface area contributed by atoms with Gasteiger partial charge in [-0.3, -0.25) is 4.79 Å². The summed E-state index contributed by atoms with van der Waals surface area (Å²) in [5.41, 5.74) is 1.89. The van der Waals surface area contributed by atoms with Crippen LogP contribution in [0.4, 0.5) is 10.2 Å². The van der Waals surface area contributed by atoms with Crippen molar-refractivity contribution in [3.05, 3.63) is 59.7 Å². The predicted octanol–water partition coefficient (Wildman–Crippen LogP) is 2.71. The van der Waals surface area contributed by atoms with Crippen LogP contribution in [0.5, 0.6) is 0 Å². The maximum atomic E-state index is 13.7. The fourth-order valence-corrected chi connectivity index (χ4v) is 3.80. The Bertz CT molecular complexity index is 1010. The number of aliphatic hydroxyl groups excluding tert-OH is 1. The Hall–Kier alpha value is -3.00. The zero-order valence-corrected chi connectivity index (χ0v) is 16.1. The van der Waals surface area contributed by atoms with Crippen LogP contribution in [0, 0.1) is 5.82 Å². The Morgan fingerprint density at radius 1 is 1.28 bits per heavy atom. The number of benzene rings is 1. The summed E-state index contributed by atoms with van der Waals surface area (Å²) in [6, 6.07) is 10.5. The van der Waals surface area contributed by atoms with Crippen LogP contribution in [-0.2, 0) is 0 Å². The number of imidazole rings is 1. The van der Waals surface area contributed by atoms with E-state index in [0.717, 1.165) is 30.8 Å². The normalized spacial score (nSPS) is 16.5. The average Bonchev–Trinajstić information content (AvgIpc) is 3.37. The summed E-state index contributed by atoms with van der Waals surface area (Å²) in [5.74, 6) is 0.243. The van der Waals surface area contributed by atoms with Gasteiger partial charge in [0.25, 0.3) is 5.91 Å². The number of anilines is 1. The summed E-state index contributed by atoms with van der Waals surface area (Å²) >= 11 is 0. The molecule has 3 heterocycles. The first kappa shape index (κ1) is 19.3. The molecule has 0 bridgehead atoms.